The highest BCUT2D eigenvalue weighted by atomic mass is 15.6. The minimum Gasteiger partial charge on any atom is -0.324 e. The van der Waals surface area contributed by atoms with Gasteiger partial charge in [0, 0.05) is 0 Å². The summed E-state index contributed by atoms with van der Waals surface area (Å²) in [6.07, 6.45) is 6.66. The summed E-state index contributed by atoms with van der Waals surface area (Å²) in [7, 11) is 0. The zero-order valence-electron chi connectivity index (χ0n) is 9.26. The van der Waals surface area contributed by atoms with E-state index in [1.165, 1.54) is 32.1 Å². The van der Waals surface area contributed by atoms with Gasteiger partial charge in [0.2, 0.25) is 0 Å². The van der Waals surface area contributed by atoms with Crippen molar-refractivity contribution in [1.29, 1.82) is 0 Å². The second-order valence-corrected chi connectivity index (χ2v) is 4.38. The molecule has 1 atom stereocenters. The minimum atomic E-state index is 0.388. The van der Waals surface area contributed by atoms with Crippen molar-refractivity contribution in [1.82, 2.24) is 20.2 Å². The molecule has 1 aliphatic carbocycles. The molecular weight excluding hydrogens is 190 g/mol. The predicted molar refractivity (Wildman–Crippen MR) is 57.0 cm³/mol. The summed E-state index contributed by atoms with van der Waals surface area (Å²) in [6, 6.07) is 0.388. The molecule has 0 radical (unpaired) electrons. The lowest BCUT2D eigenvalue weighted by atomic mass is 9.84. The van der Waals surface area contributed by atoms with Crippen molar-refractivity contribution in [3.63, 3.8) is 0 Å². The fourth-order valence-electron chi connectivity index (χ4n) is 2.48. The third-order valence-electron chi connectivity index (χ3n) is 3.46. The summed E-state index contributed by atoms with van der Waals surface area (Å²) in [4.78, 5) is 0. The molecule has 5 heteroatoms. The van der Waals surface area contributed by atoms with Gasteiger partial charge in [-0.2, -0.15) is 0 Å². The first-order chi connectivity index (χ1) is 7.33. The molecule has 0 aromatic carbocycles. The van der Waals surface area contributed by atoms with E-state index in [2.05, 4.69) is 22.4 Å². The van der Waals surface area contributed by atoms with Crippen LogP contribution in [0.4, 0.5) is 0 Å². The molecule has 1 aliphatic rings. The molecule has 1 aromatic heterocycles. The van der Waals surface area contributed by atoms with Crippen LogP contribution in [0.3, 0.4) is 0 Å². The lowest BCUT2D eigenvalue weighted by molar-refractivity contribution is 0.243. The molecule has 1 unspecified atom stereocenters. The van der Waals surface area contributed by atoms with Crippen LogP contribution in [-0.2, 0) is 6.54 Å². The summed E-state index contributed by atoms with van der Waals surface area (Å²) in [5.74, 6) is 1.51. The molecule has 1 fully saturated rings. The van der Waals surface area contributed by atoms with Gasteiger partial charge >= 0.3 is 0 Å². The third kappa shape index (κ3) is 2.17. The number of hydrogen-bond donors (Lipinski definition) is 1. The van der Waals surface area contributed by atoms with Crippen LogP contribution < -0.4 is 5.73 Å². The molecule has 84 valence electrons. The highest BCUT2D eigenvalue weighted by molar-refractivity contribution is 4.84. The Labute approximate surface area is 90.0 Å². The third-order valence-corrected chi connectivity index (χ3v) is 3.46. The Morgan fingerprint density at radius 3 is 2.80 bits per heavy atom. The van der Waals surface area contributed by atoms with Crippen LogP contribution in [0.5, 0.6) is 0 Å². The molecule has 0 aliphatic heterocycles. The molecule has 1 aromatic rings. The van der Waals surface area contributed by atoms with Gasteiger partial charge in [-0.3, -0.25) is 0 Å². The maximum absolute atomic E-state index is 5.60. The van der Waals surface area contributed by atoms with Crippen molar-refractivity contribution in [3.8, 4) is 0 Å². The first-order valence-corrected chi connectivity index (χ1v) is 5.79. The lowest BCUT2D eigenvalue weighted by Crippen LogP contribution is -2.23. The maximum Gasteiger partial charge on any atom is 0.165 e. The molecule has 2 N–H and O–H groups in total. The minimum absolute atomic E-state index is 0.388. The summed E-state index contributed by atoms with van der Waals surface area (Å²) in [6.45, 7) is 2.62. The van der Waals surface area contributed by atoms with Crippen molar-refractivity contribution < 1.29 is 0 Å². The highest BCUT2D eigenvalue weighted by Crippen LogP contribution is 2.32. The largest absolute Gasteiger partial charge is 0.324 e. The van der Waals surface area contributed by atoms with Crippen LogP contribution in [0, 0.1) is 5.92 Å². The SMILES string of the molecule is CC(C1CCCCC1)n1nnnc1CN. The number of nitrogens with zero attached hydrogens (tertiary/aromatic N) is 4. The predicted octanol–water partition coefficient (Wildman–Crippen LogP) is 1.27. The van der Waals surface area contributed by atoms with Crippen LogP contribution in [0.15, 0.2) is 0 Å². The first kappa shape index (κ1) is 10.5. The van der Waals surface area contributed by atoms with E-state index in [4.69, 9.17) is 5.73 Å². The van der Waals surface area contributed by atoms with Crippen molar-refractivity contribution in [2.75, 3.05) is 0 Å². The Kier molecular flexibility index (Phi) is 3.30. The van der Waals surface area contributed by atoms with Crippen LogP contribution >= 0.6 is 0 Å². The number of tetrazole rings is 1. The monoisotopic (exact) mass is 209 g/mol. The molecule has 5 nitrogen and oxygen atoms in total. The topological polar surface area (TPSA) is 69.6 Å². The van der Waals surface area contributed by atoms with Crippen molar-refractivity contribution >= 4 is 0 Å². The fraction of sp³-hybridized carbons (Fsp3) is 0.900. The molecule has 1 heterocycles. The maximum atomic E-state index is 5.60. The average Bonchev–Trinajstić information content (AvgIpc) is 2.77. The number of hydrogen-bond acceptors (Lipinski definition) is 4. The van der Waals surface area contributed by atoms with Crippen molar-refractivity contribution in [3.05, 3.63) is 5.82 Å². The van der Waals surface area contributed by atoms with Gasteiger partial charge in [-0.05, 0) is 36.1 Å². The Hall–Kier alpha value is -0.970. The summed E-state index contributed by atoms with van der Waals surface area (Å²) < 4.78 is 1.90. The Morgan fingerprint density at radius 1 is 1.40 bits per heavy atom. The zero-order chi connectivity index (χ0) is 10.7. The smallest absolute Gasteiger partial charge is 0.165 e. The lowest BCUT2D eigenvalue weighted by Gasteiger charge is -2.27. The molecule has 2 rings (SSSR count). The fourth-order valence-corrected chi connectivity index (χ4v) is 2.48. The van der Waals surface area contributed by atoms with E-state index in [1.54, 1.807) is 0 Å². The van der Waals surface area contributed by atoms with E-state index >= 15 is 0 Å². The molecule has 0 saturated heterocycles. The number of rotatable bonds is 3. The van der Waals surface area contributed by atoms with Crippen LogP contribution in [0.1, 0.15) is 50.9 Å². The average molecular weight is 209 g/mol. The Balaban J connectivity index is 2.08. The Morgan fingerprint density at radius 2 is 2.13 bits per heavy atom. The summed E-state index contributed by atoms with van der Waals surface area (Å²) in [5, 5.41) is 11.7. The quantitative estimate of drug-likeness (QED) is 0.814. The Bertz CT molecular complexity index is 303. The highest BCUT2D eigenvalue weighted by Gasteiger charge is 2.23. The molecular formula is C10H19N5. The van der Waals surface area contributed by atoms with E-state index in [-0.39, 0.29) is 0 Å². The zero-order valence-corrected chi connectivity index (χ0v) is 9.26. The second kappa shape index (κ2) is 4.70. The van der Waals surface area contributed by atoms with Gasteiger partial charge in [0.05, 0.1) is 12.6 Å². The summed E-state index contributed by atoms with van der Waals surface area (Å²) in [5.41, 5.74) is 5.60. The molecule has 15 heavy (non-hydrogen) atoms. The van der Waals surface area contributed by atoms with Gasteiger partial charge < -0.3 is 5.73 Å². The van der Waals surface area contributed by atoms with Crippen molar-refractivity contribution in [2.45, 2.75) is 51.6 Å². The van der Waals surface area contributed by atoms with Gasteiger partial charge in [0.15, 0.2) is 5.82 Å². The van der Waals surface area contributed by atoms with Gasteiger partial charge in [-0.15, -0.1) is 5.10 Å². The van der Waals surface area contributed by atoms with E-state index in [9.17, 15) is 0 Å². The second-order valence-electron chi connectivity index (χ2n) is 4.38. The van der Waals surface area contributed by atoms with Crippen LogP contribution in [-0.4, -0.2) is 20.2 Å². The van der Waals surface area contributed by atoms with Gasteiger partial charge in [-0.25, -0.2) is 4.68 Å². The normalized spacial score (nSPS) is 20.4. The molecule has 0 bridgehead atoms. The van der Waals surface area contributed by atoms with Gasteiger partial charge in [0.25, 0.3) is 0 Å². The molecule has 1 saturated carbocycles. The standard InChI is InChI=1S/C10H19N5/c1-8(9-5-3-2-4-6-9)15-10(7-11)12-13-14-15/h8-9H,2-7,11H2,1H3. The van der Waals surface area contributed by atoms with Crippen LogP contribution in [0.25, 0.3) is 0 Å². The van der Waals surface area contributed by atoms with E-state index in [0.29, 0.717) is 18.5 Å². The van der Waals surface area contributed by atoms with Gasteiger partial charge in [-0.1, -0.05) is 19.3 Å². The number of nitrogens with two attached hydrogens (primary N) is 1. The van der Waals surface area contributed by atoms with Crippen LogP contribution in [0.2, 0.25) is 0 Å². The van der Waals surface area contributed by atoms with Crippen molar-refractivity contribution in [2.24, 2.45) is 11.7 Å². The van der Waals surface area contributed by atoms with E-state index in [1.807, 2.05) is 4.68 Å². The summed E-state index contributed by atoms with van der Waals surface area (Å²) >= 11 is 0. The van der Waals surface area contributed by atoms with E-state index in [0.717, 1.165) is 5.82 Å². The molecule has 0 amide bonds. The van der Waals surface area contributed by atoms with Gasteiger partial charge in [0.1, 0.15) is 0 Å². The first-order valence-electron chi connectivity index (χ1n) is 5.79. The number of aromatic nitrogens is 4. The van der Waals surface area contributed by atoms with E-state index < -0.39 is 0 Å². The molecule has 0 spiro atoms.